The number of ether oxygens (including phenoxy) is 2. The predicted octanol–water partition coefficient (Wildman–Crippen LogP) is 2.43. The third-order valence-electron chi connectivity index (χ3n) is 4.42. The van der Waals surface area contributed by atoms with Crippen molar-refractivity contribution in [3.63, 3.8) is 0 Å². The van der Waals surface area contributed by atoms with Gasteiger partial charge in [-0.25, -0.2) is 16.8 Å². The number of nitrogens with zero attached hydrogens (tertiary/aromatic N) is 1. The van der Waals surface area contributed by atoms with E-state index < -0.39 is 20.0 Å². The van der Waals surface area contributed by atoms with Crippen LogP contribution in [0.15, 0.2) is 47.4 Å². The summed E-state index contributed by atoms with van der Waals surface area (Å²) in [5.41, 5.74) is 0.834. The first-order chi connectivity index (χ1) is 13.3. The van der Waals surface area contributed by atoms with Crippen LogP contribution in [0.5, 0.6) is 11.5 Å². The summed E-state index contributed by atoms with van der Waals surface area (Å²) < 4.78 is 63.9. The molecule has 8 nitrogen and oxygen atoms in total. The predicted molar refractivity (Wildman–Crippen MR) is 107 cm³/mol. The molecule has 0 amide bonds. The summed E-state index contributed by atoms with van der Waals surface area (Å²) in [4.78, 5) is -0.0292. The topological polar surface area (TPSA) is 102 Å². The quantitative estimate of drug-likeness (QED) is 0.761. The third-order valence-corrected chi connectivity index (χ3v) is 7.71. The molecule has 1 N–H and O–H groups in total. The van der Waals surface area contributed by atoms with Crippen LogP contribution in [-0.4, -0.2) is 43.4 Å². The number of hydrogen-bond acceptors (Lipinski definition) is 6. The fourth-order valence-electron chi connectivity index (χ4n) is 2.98. The maximum absolute atomic E-state index is 12.7. The zero-order chi connectivity index (χ0) is 20.4. The van der Waals surface area contributed by atoms with Crippen LogP contribution < -0.4 is 18.5 Å². The Morgan fingerprint density at radius 3 is 2.32 bits per heavy atom. The molecule has 0 bridgehead atoms. The van der Waals surface area contributed by atoms with Crippen LogP contribution in [0.3, 0.4) is 0 Å². The van der Waals surface area contributed by atoms with Crippen molar-refractivity contribution in [1.82, 2.24) is 0 Å². The van der Waals surface area contributed by atoms with Crippen LogP contribution in [-0.2, 0) is 20.0 Å². The summed E-state index contributed by atoms with van der Waals surface area (Å²) in [5, 5.41) is 0. The number of benzene rings is 2. The molecule has 28 heavy (non-hydrogen) atoms. The van der Waals surface area contributed by atoms with E-state index in [1.807, 2.05) is 0 Å². The first-order valence-electron chi connectivity index (χ1n) is 8.62. The van der Waals surface area contributed by atoms with E-state index in [1.165, 1.54) is 48.9 Å². The second-order valence-electron chi connectivity index (χ2n) is 6.26. The molecule has 0 atom stereocenters. The monoisotopic (exact) mass is 426 g/mol. The lowest BCUT2D eigenvalue weighted by molar-refractivity contribution is 0.386. The van der Waals surface area contributed by atoms with E-state index in [0.29, 0.717) is 30.1 Å². The molecule has 0 unspecified atom stereocenters. The van der Waals surface area contributed by atoms with Crippen molar-refractivity contribution in [2.45, 2.75) is 17.7 Å². The number of hydrogen-bond donors (Lipinski definition) is 1. The number of sulfonamides is 2. The second-order valence-corrected chi connectivity index (χ2v) is 9.93. The lowest BCUT2D eigenvalue weighted by atomic mass is 10.2. The summed E-state index contributed by atoms with van der Waals surface area (Å²) >= 11 is 0. The van der Waals surface area contributed by atoms with E-state index in [9.17, 15) is 16.8 Å². The third kappa shape index (κ3) is 4.17. The van der Waals surface area contributed by atoms with Crippen molar-refractivity contribution in [3.05, 3.63) is 42.5 Å². The number of nitrogens with one attached hydrogen (secondary N) is 1. The highest BCUT2D eigenvalue weighted by molar-refractivity contribution is 7.93. The lowest BCUT2D eigenvalue weighted by Gasteiger charge is -2.28. The molecule has 0 spiro atoms. The Hall–Kier alpha value is -2.46. The molecular weight excluding hydrogens is 404 g/mol. The molecule has 1 aliphatic rings. The van der Waals surface area contributed by atoms with Crippen molar-refractivity contribution < 1.29 is 26.3 Å². The fraction of sp³-hybridized carbons (Fsp3) is 0.333. The van der Waals surface area contributed by atoms with Crippen molar-refractivity contribution in [2.24, 2.45) is 0 Å². The highest BCUT2D eigenvalue weighted by Gasteiger charge is 2.26. The highest BCUT2D eigenvalue weighted by atomic mass is 32.2. The van der Waals surface area contributed by atoms with Crippen molar-refractivity contribution in [3.8, 4) is 11.5 Å². The minimum absolute atomic E-state index is 0.0292. The Morgan fingerprint density at radius 1 is 1.00 bits per heavy atom. The van der Waals surface area contributed by atoms with Gasteiger partial charge in [0.05, 0.1) is 25.7 Å². The van der Waals surface area contributed by atoms with Crippen molar-refractivity contribution in [1.29, 1.82) is 0 Å². The van der Waals surface area contributed by atoms with E-state index in [2.05, 4.69) is 4.72 Å². The van der Waals surface area contributed by atoms with Gasteiger partial charge in [-0.05, 0) is 49.2 Å². The van der Waals surface area contributed by atoms with Crippen molar-refractivity contribution >= 4 is 31.4 Å². The van der Waals surface area contributed by atoms with E-state index in [0.717, 1.165) is 6.42 Å². The van der Waals surface area contributed by atoms with Crippen LogP contribution in [0.2, 0.25) is 0 Å². The average Bonchev–Trinajstić information content (AvgIpc) is 2.67. The van der Waals surface area contributed by atoms with Crippen LogP contribution in [0.4, 0.5) is 11.4 Å². The first kappa shape index (κ1) is 20.3. The Labute approximate surface area is 165 Å². The minimum atomic E-state index is -3.90. The number of methoxy groups -OCH3 is 2. The largest absolute Gasteiger partial charge is 0.497 e. The van der Waals surface area contributed by atoms with Gasteiger partial charge in [0.1, 0.15) is 16.4 Å². The summed E-state index contributed by atoms with van der Waals surface area (Å²) in [6, 6.07) is 10.7. The SMILES string of the molecule is COc1ccc(S(=O)(=O)Nc2ccc(N3CCCCS3(=O)=O)cc2)c(OC)c1. The molecule has 152 valence electrons. The first-order valence-corrected chi connectivity index (χ1v) is 11.7. The molecule has 0 aliphatic carbocycles. The molecular formula is C18H22N2O6S2. The molecule has 10 heteroatoms. The van der Waals surface area contributed by atoms with Gasteiger partial charge in [0, 0.05) is 18.3 Å². The van der Waals surface area contributed by atoms with Gasteiger partial charge >= 0.3 is 0 Å². The standard InChI is InChI=1S/C18H22N2O6S2/c1-25-16-9-10-18(17(13-16)26-2)28(23,24)19-14-5-7-15(8-6-14)20-11-3-4-12-27(20,21)22/h5-10,13,19H,3-4,11-12H2,1-2H3. The molecule has 0 saturated carbocycles. The Kier molecular flexibility index (Phi) is 5.71. The van der Waals surface area contributed by atoms with Gasteiger partial charge in [-0.15, -0.1) is 0 Å². The molecule has 2 aromatic carbocycles. The maximum atomic E-state index is 12.7. The van der Waals surface area contributed by atoms with E-state index in [4.69, 9.17) is 9.47 Å². The van der Waals surface area contributed by atoms with Gasteiger partial charge in [0.25, 0.3) is 10.0 Å². The van der Waals surface area contributed by atoms with E-state index >= 15 is 0 Å². The van der Waals surface area contributed by atoms with Crippen LogP contribution in [0, 0.1) is 0 Å². The molecule has 0 radical (unpaired) electrons. The number of anilines is 2. The normalized spacial score (nSPS) is 16.4. The van der Waals surface area contributed by atoms with E-state index in [-0.39, 0.29) is 16.4 Å². The van der Waals surface area contributed by atoms with Gasteiger partial charge < -0.3 is 9.47 Å². The Morgan fingerprint density at radius 2 is 1.71 bits per heavy atom. The van der Waals surface area contributed by atoms with Crippen LogP contribution in [0.1, 0.15) is 12.8 Å². The zero-order valence-corrected chi connectivity index (χ0v) is 17.2. The molecule has 0 aromatic heterocycles. The molecule has 2 aromatic rings. The van der Waals surface area contributed by atoms with Gasteiger partial charge in [-0.1, -0.05) is 0 Å². The zero-order valence-electron chi connectivity index (χ0n) is 15.6. The Bertz CT molecular complexity index is 1050. The second kappa shape index (κ2) is 7.88. The van der Waals surface area contributed by atoms with Gasteiger partial charge in [0.2, 0.25) is 10.0 Å². The smallest absolute Gasteiger partial charge is 0.265 e. The Balaban J connectivity index is 1.84. The maximum Gasteiger partial charge on any atom is 0.265 e. The van der Waals surface area contributed by atoms with Crippen LogP contribution in [0.25, 0.3) is 0 Å². The average molecular weight is 427 g/mol. The number of rotatable bonds is 6. The van der Waals surface area contributed by atoms with Crippen molar-refractivity contribution in [2.75, 3.05) is 35.5 Å². The molecule has 1 heterocycles. The molecule has 1 saturated heterocycles. The van der Waals surface area contributed by atoms with Crippen LogP contribution >= 0.6 is 0 Å². The summed E-state index contributed by atoms with van der Waals surface area (Å²) in [6.45, 7) is 0.427. The van der Waals surface area contributed by atoms with Gasteiger partial charge in [-0.3, -0.25) is 9.03 Å². The van der Waals surface area contributed by atoms with Gasteiger partial charge in [-0.2, -0.15) is 0 Å². The van der Waals surface area contributed by atoms with E-state index in [1.54, 1.807) is 12.1 Å². The molecule has 1 fully saturated rings. The lowest BCUT2D eigenvalue weighted by Crippen LogP contribution is -2.37. The molecule has 1 aliphatic heterocycles. The molecule has 3 rings (SSSR count). The highest BCUT2D eigenvalue weighted by Crippen LogP contribution is 2.30. The summed E-state index contributed by atoms with van der Waals surface area (Å²) in [6.07, 6.45) is 1.45. The summed E-state index contributed by atoms with van der Waals surface area (Å²) in [7, 11) is -4.37. The summed E-state index contributed by atoms with van der Waals surface area (Å²) in [5.74, 6) is 0.754. The fourth-order valence-corrected chi connectivity index (χ4v) is 5.83. The van der Waals surface area contributed by atoms with Gasteiger partial charge in [0.15, 0.2) is 0 Å². The minimum Gasteiger partial charge on any atom is -0.497 e.